The molecule has 0 aromatic heterocycles. The summed E-state index contributed by atoms with van der Waals surface area (Å²) in [6.07, 6.45) is -0.0840. The number of carboxylic acids is 1. The Morgan fingerprint density at radius 3 is 2.44 bits per heavy atom. The minimum Gasteiger partial charge on any atom is -0.549 e. The van der Waals surface area contributed by atoms with Crippen molar-refractivity contribution in [2.75, 3.05) is 13.1 Å². The van der Waals surface area contributed by atoms with Crippen molar-refractivity contribution in [2.45, 2.75) is 11.3 Å². The number of rotatable bonds is 6. The Morgan fingerprint density at radius 1 is 1.33 bits per heavy atom. The summed E-state index contributed by atoms with van der Waals surface area (Å²) in [5.41, 5.74) is 0. The van der Waals surface area contributed by atoms with E-state index in [2.05, 4.69) is 0 Å². The van der Waals surface area contributed by atoms with E-state index in [1.165, 1.54) is 24.3 Å². The lowest BCUT2D eigenvalue weighted by atomic mass is 10.4. The summed E-state index contributed by atoms with van der Waals surface area (Å²) in [6, 6.07) is 9.23. The van der Waals surface area contributed by atoms with Crippen molar-refractivity contribution < 1.29 is 18.3 Å². The fourth-order valence-corrected chi connectivity index (χ4v) is 2.75. The first-order chi connectivity index (χ1) is 8.48. The minimum absolute atomic E-state index is 0.0100. The van der Waals surface area contributed by atoms with Crippen LogP contribution in [0.2, 0.25) is 0 Å². The van der Waals surface area contributed by atoms with Gasteiger partial charge in [-0.25, -0.2) is 8.42 Å². The third kappa shape index (κ3) is 3.55. The van der Waals surface area contributed by atoms with Gasteiger partial charge in [-0.2, -0.15) is 9.57 Å². The van der Waals surface area contributed by atoms with Gasteiger partial charge in [-0.05, 0) is 12.1 Å². The fourth-order valence-electron chi connectivity index (χ4n) is 1.34. The van der Waals surface area contributed by atoms with Gasteiger partial charge in [0, 0.05) is 13.0 Å². The summed E-state index contributed by atoms with van der Waals surface area (Å²) in [4.78, 5) is 10.5. The third-order valence-electron chi connectivity index (χ3n) is 2.16. The van der Waals surface area contributed by atoms with Crippen molar-refractivity contribution >= 4 is 16.0 Å². The van der Waals surface area contributed by atoms with E-state index < -0.39 is 22.5 Å². The van der Waals surface area contributed by atoms with Crippen LogP contribution in [0.25, 0.3) is 0 Å². The van der Waals surface area contributed by atoms with Crippen molar-refractivity contribution in [3.05, 3.63) is 30.3 Å². The van der Waals surface area contributed by atoms with Gasteiger partial charge in [0.15, 0.2) is 0 Å². The Balaban J connectivity index is 3.04. The van der Waals surface area contributed by atoms with Crippen LogP contribution in [0, 0.1) is 11.3 Å². The number of carboxylic acid groups (broad SMARTS) is 1. The number of carbonyl (C=O) groups is 1. The molecule has 18 heavy (non-hydrogen) atoms. The number of nitrogens with zero attached hydrogens (tertiary/aromatic N) is 2. The monoisotopic (exact) mass is 267 g/mol. The van der Waals surface area contributed by atoms with E-state index in [-0.39, 0.29) is 17.9 Å². The summed E-state index contributed by atoms with van der Waals surface area (Å²) in [6.45, 7) is -0.944. The molecule has 0 amide bonds. The Morgan fingerprint density at radius 2 is 1.94 bits per heavy atom. The largest absolute Gasteiger partial charge is 0.549 e. The van der Waals surface area contributed by atoms with Crippen LogP contribution in [0.3, 0.4) is 0 Å². The van der Waals surface area contributed by atoms with Crippen LogP contribution in [0.5, 0.6) is 0 Å². The maximum absolute atomic E-state index is 12.1. The maximum atomic E-state index is 12.1. The maximum Gasteiger partial charge on any atom is 0.243 e. The van der Waals surface area contributed by atoms with E-state index in [0.717, 1.165) is 4.31 Å². The van der Waals surface area contributed by atoms with E-state index >= 15 is 0 Å². The molecule has 0 radical (unpaired) electrons. The molecule has 1 aromatic carbocycles. The highest BCUT2D eigenvalue weighted by Gasteiger charge is 2.23. The van der Waals surface area contributed by atoms with Gasteiger partial charge in [-0.3, -0.25) is 0 Å². The number of hydrogen-bond donors (Lipinski definition) is 0. The number of benzene rings is 1. The zero-order valence-corrected chi connectivity index (χ0v) is 10.3. The molecule has 7 heteroatoms. The Bertz CT molecular complexity index is 548. The standard InChI is InChI=1S/C11H12N2O4S/c12-7-4-8-13(9-11(14)15)18(16,17)10-5-2-1-3-6-10/h1-3,5-6H,4,8-9H2,(H,14,15)/p-1. The average molecular weight is 267 g/mol. The first-order valence-electron chi connectivity index (χ1n) is 5.10. The molecule has 0 aliphatic rings. The second kappa shape index (κ2) is 6.14. The quantitative estimate of drug-likeness (QED) is 0.681. The molecule has 1 rings (SSSR count). The normalized spacial score (nSPS) is 11.1. The summed E-state index contributed by atoms with van der Waals surface area (Å²) in [5.74, 6) is -1.51. The molecule has 0 fully saturated rings. The Kier molecular flexibility index (Phi) is 4.83. The lowest BCUT2D eigenvalue weighted by molar-refractivity contribution is -0.305. The lowest BCUT2D eigenvalue weighted by Gasteiger charge is -2.21. The summed E-state index contributed by atoms with van der Waals surface area (Å²) < 4.78 is 24.9. The molecule has 0 saturated heterocycles. The predicted molar refractivity (Wildman–Crippen MR) is 60.4 cm³/mol. The van der Waals surface area contributed by atoms with Gasteiger partial charge in [0.1, 0.15) is 0 Å². The van der Waals surface area contributed by atoms with Gasteiger partial charge in [0.2, 0.25) is 10.0 Å². The minimum atomic E-state index is -3.91. The van der Waals surface area contributed by atoms with Crippen molar-refractivity contribution in [1.29, 1.82) is 5.26 Å². The predicted octanol–water partition coefficient (Wildman–Crippen LogP) is -0.659. The van der Waals surface area contributed by atoms with Crippen LogP contribution in [-0.2, 0) is 14.8 Å². The van der Waals surface area contributed by atoms with Crippen LogP contribution in [0.4, 0.5) is 0 Å². The van der Waals surface area contributed by atoms with Crippen molar-refractivity contribution in [3.8, 4) is 6.07 Å². The fraction of sp³-hybridized carbons (Fsp3) is 0.273. The van der Waals surface area contributed by atoms with Gasteiger partial charge in [0.05, 0.1) is 23.5 Å². The number of aliphatic carboxylic acids is 1. The van der Waals surface area contributed by atoms with Gasteiger partial charge in [-0.1, -0.05) is 18.2 Å². The second-order valence-electron chi connectivity index (χ2n) is 3.43. The van der Waals surface area contributed by atoms with Crippen LogP contribution >= 0.6 is 0 Å². The molecule has 0 saturated carbocycles. The van der Waals surface area contributed by atoms with Crippen molar-refractivity contribution in [3.63, 3.8) is 0 Å². The Labute approximate surface area is 105 Å². The highest BCUT2D eigenvalue weighted by molar-refractivity contribution is 7.89. The van der Waals surface area contributed by atoms with E-state index in [1.807, 2.05) is 0 Å². The van der Waals surface area contributed by atoms with Crippen LogP contribution in [0.1, 0.15) is 6.42 Å². The van der Waals surface area contributed by atoms with E-state index in [1.54, 1.807) is 12.1 Å². The average Bonchev–Trinajstić information content (AvgIpc) is 2.35. The molecule has 96 valence electrons. The highest BCUT2D eigenvalue weighted by Crippen LogP contribution is 2.14. The molecule has 0 atom stereocenters. The number of carbonyl (C=O) groups excluding carboxylic acids is 1. The number of hydrogen-bond acceptors (Lipinski definition) is 5. The van der Waals surface area contributed by atoms with Crippen LogP contribution in [0.15, 0.2) is 35.2 Å². The molecule has 6 nitrogen and oxygen atoms in total. The topological polar surface area (TPSA) is 101 Å². The molecular formula is C11H11N2O4S-. The second-order valence-corrected chi connectivity index (χ2v) is 5.37. The van der Waals surface area contributed by atoms with Crippen LogP contribution < -0.4 is 5.11 Å². The first-order valence-corrected chi connectivity index (χ1v) is 6.54. The number of nitriles is 1. The van der Waals surface area contributed by atoms with Gasteiger partial charge >= 0.3 is 0 Å². The molecule has 1 aromatic rings. The third-order valence-corrected chi connectivity index (χ3v) is 4.02. The van der Waals surface area contributed by atoms with Gasteiger partial charge < -0.3 is 9.90 Å². The SMILES string of the molecule is N#CCCN(CC(=O)[O-])S(=O)(=O)c1ccccc1. The zero-order valence-electron chi connectivity index (χ0n) is 9.44. The first kappa shape index (κ1) is 14.2. The lowest BCUT2D eigenvalue weighted by Crippen LogP contribution is -2.41. The molecule has 0 aliphatic heterocycles. The van der Waals surface area contributed by atoms with Crippen LogP contribution in [-0.4, -0.2) is 31.8 Å². The van der Waals surface area contributed by atoms with E-state index in [9.17, 15) is 18.3 Å². The Hall–Kier alpha value is -1.91. The molecule has 0 aliphatic carbocycles. The highest BCUT2D eigenvalue weighted by atomic mass is 32.2. The molecule has 0 unspecified atom stereocenters. The molecular weight excluding hydrogens is 256 g/mol. The molecule has 0 N–H and O–H groups in total. The van der Waals surface area contributed by atoms with Gasteiger partial charge in [0.25, 0.3) is 0 Å². The smallest absolute Gasteiger partial charge is 0.243 e. The summed E-state index contributed by atoms with van der Waals surface area (Å²) >= 11 is 0. The zero-order chi connectivity index (χ0) is 13.6. The summed E-state index contributed by atoms with van der Waals surface area (Å²) in [7, 11) is -3.91. The molecule has 0 spiro atoms. The van der Waals surface area contributed by atoms with Gasteiger partial charge in [-0.15, -0.1) is 0 Å². The van der Waals surface area contributed by atoms with Crippen molar-refractivity contribution in [1.82, 2.24) is 4.31 Å². The molecule has 0 bridgehead atoms. The van der Waals surface area contributed by atoms with Crippen molar-refractivity contribution in [2.24, 2.45) is 0 Å². The van der Waals surface area contributed by atoms with E-state index in [0.29, 0.717) is 0 Å². The number of sulfonamides is 1. The molecule has 0 heterocycles. The summed E-state index contributed by atoms with van der Waals surface area (Å²) in [5, 5.41) is 19.0. The van der Waals surface area contributed by atoms with E-state index in [4.69, 9.17) is 5.26 Å².